The van der Waals surface area contributed by atoms with E-state index < -0.39 is 0 Å². The van der Waals surface area contributed by atoms with Gasteiger partial charge in [-0.2, -0.15) is 0 Å². The zero-order chi connectivity index (χ0) is 19.9. The van der Waals surface area contributed by atoms with Gasteiger partial charge < -0.3 is 0 Å². The molecule has 0 aromatic heterocycles. The lowest BCUT2D eigenvalue weighted by molar-refractivity contribution is 0.902. The number of fused-ring (bicyclic) bond motifs is 7. The number of hydrogen-bond acceptors (Lipinski definition) is 0. The summed E-state index contributed by atoms with van der Waals surface area (Å²) in [6, 6.07) is 29.0. The average Bonchev–Trinajstić information content (AvgIpc) is 3.11. The number of benzene rings is 4. The molecule has 1 atom stereocenters. The second kappa shape index (κ2) is 5.49. The van der Waals surface area contributed by atoms with Gasteiger partial charge in [-0.05, 0) is 67.1 Å². The molecule has 0 bridgehead atoms. The van der Waals surface area contributed by atoms with E-state index in [0.29, 0.717) is 0 Å². The first-order valence-corrected chi connectivity index (χ1v) is 10.5. The largest absolute Gasteiger partial charge is 0.0659 e. The summed E-state index contributed by atoms with van der Waals surface area (Å²) >= 11 is 0. The second-order valence-electron chi connectivity index (χ2n) is 8.45. The molecule has 7 rings (SSSR count). The van der Waals surface area contributed by atoms with Crippen LogP contribution in [0, 0.1) is 6.92 Å². The van der Waals surface area contributed by atoms with Gasteiger partial charge in [0.05, 0.1) is 5.41 Å². The Morgan fingerprint density at radius 2 is 1.47 bits per heavy atom. The van der Waals surface area contributed by atoms with E-state index >= 15 is 0 Å². The Labute approximate surface area is 175 Å². The SMILES string of the molecule is [CH2]c1ccc2ccc3c(c2c1)=C1c2ccccc2-c2ccccc2C12C=CC=CC=32. The fourth-order valence-electron chi connectivity index (χ4n) is 5.87. The molecule has 139 valence electrons. The van der Waals surface area contributed by atoms with Crippen molar-refractivity contribution >= 4 is 21.9 Å². The Hall–Kier alpha value is -3.64. The van der Waals surface area contributed by atoms with Crippen LogP contribution in [0.25, 0.3) is 33.0 Å². The smallest absolute Gasteiger partial charge is 0.0651 e. The maximum absolute atomic E-state index is 4.23. The van der Waals surface area contributed by atoms with Crippen LogP contribution in [0.15, 0.2) is 103 Å². The predicted octanol–water partition coefficient (Wildman–Crippen LogP) is 5.43. The summed E-state index contributed by atoms with van der Waals surface area (Å²) in [5.74, 6) is 0. The first kappa shape index (κ1) is 16.2. The van der Waals surface area contributed by atoms with Gasteiger partial charge in [-0.25, -0.2) is 0 Å². The lowest BCUT2D eigenvalue weighted by Crippen LogP contribution is -2.31. The lowest BCUT2D eigenvalue weighted by Gasteiger charge is -2.40. The van der Waals surface area contributed by atoms with E-state index in [-0.39, 0.29) is 5.41 Å². The van der Waals surface area contributed by atoms with E-state index in [1.807, 2.05) is 0 Å². The minimum Gasteiger partial charge on any atom is -0.0651 e. The molecule has 0 aliphatic heterocycles. The van der Waals surface area contributed by atoms with E-state index in [1.54, 1.807) is 0 Å². The number of rotatable bonds is 0. The van der Waals surface area contributed by atoms with Crippen LogP contribution in [0.2, 0.25) is 0 Å². The van der Waals surface area contributed by atoms with Crippen molar-refractivity contribution in [1.29, 1.82) is 0 Å². The van der Waals surface area contributed by atoms with Crippen LogP contribution in [0.5, 0.6) is 0 Å². The molecule has 4 aromatic rings. The van der Waals surface area contributed by atoms with Gasteiger partial charge in [-0.15, -0.1) is 0 Å². The third-order valence-electron chi connectivity index (χ3n) is 7.00. The Balaban J connectivity index is 1.84. The molecule has 0 heteroatoms. The van der Waals surface area contributed by atoms with Crippen molar-refractivity contribution in [2.24, 2.45) is 0 Å². The molecule has 4 aromatic carbocycles. The molecule has 0 amide bonds. The quantitative estimate of drug-likeness (QED) is 0.382. The Bertz CT molecular complexity index is 1590. The van der Waals surface area contributed by atoms with Gasteiger partial charge >= 0.3 is 0 Å². The van der Waals surface area contributed by atoms with Gasteiger partial charge in [-0.1, -0.05) is 103 Å². The van der Waals surface area contributed by atoms with Gasteiger partial charge in [0.1, 0.15) is 0 Å². The fraction of sp³-hybridized carbons (Fsp3) is 0.0333. The fourth-order valence-corrected chi connectivity index (χ4v) is 5.87. The molecule has 1 unspecified atom stereocenters. The van der Waals surface area contributed by atoms with Gasteiger partial charge in [0.2, 0.25) is 0 Å². The summed E-state index contributed by atoms with van der Waals surface area (Å²) in [5, 5.41) is 5.28. The van der Waals surface area contributed by atoms with Crippen LogP contribution in [0.4, 0.5) is 0 Å². The molecular formula is C30H19. The Morgan fingerprint density at radius 1 is 0.700 bits per heavy atom. The van der Waals surface area contributed by atoms with E-state index in [9.17, 15) is 0 Å². The monoisotopic (exact) mass is 379 g/mol. The summed E-state index contributed by atoms with van der Waals surface area (Å²) in [6.07, 6.45) is 9.12. The summed E-state index contributed by atoms with van der Waals surface area (Å²) in [4.78, 5) is 0. The number of allylic oxidation sites excluding steroid dienone is 4. The van der Waals surface area contributed by atoms with Crippen LogP contribution in [0.3, 0.4) is 0 Å². The molecule has 0 nitrogen and oxygen atoms in total. The van der Waals surface area contributed by atoms with Gasteiger partial charge in [0.25, 0.3) is 0 Å². The third-order valence-corrected chi connectivity index (χ3v) is 7.00. The van der Waals surface area contributed by atoms with E-state index in [1.165, 1.54) is 54.6 Å². The molecule has 1 radical (unpaired) electrons. The van der Waals surface area contributed by atoms with Crippen molar-refractivity contribution in [3.8, 4) is 11.1 Å². The van der Waals surface area contributed by atoms with Crippen LogP contribution in [-0.4, -0.2) is 0 Å². The molecular weight excluding hydrogens is 360 g/mol. The van der Waals surface area contributed by atoms with Crippen LogP contribution in [0.1, 0.15) is 16.7 Å². The first-order chi connectivity index (χ1) is 14.8. The highest BCUT2D eigenvalue weighted by Gasteiger charge is 2.47. The van der Waals surface area contributed by atoms with Crippen molar-refractivity contribution < 1.29 is 0 Å². The zero-order valence-corrected chi connectivity index (χ0v) is 16.5. The average molecular weight is 379 g/mol. The lowest BCUT2D eigenvalue weighted by atomic mass is 9.61. The second-order valence-corrected chi connectivity index (χ2v) is 8.45. The molecule has 0 saturated heterocycles. The summed E-state index contributed by atoms with van der Waals surface area (Å²) < 4.78 is 0. The maximum Gasteiger partial charge on any atom is 0.0659 e. The van der Waals surface area contributed by atoms with Crippen molar-refractivity contribution in [3.63, 3.8) is 0 Å². The highest BCUT2D eigenvalue weighted by Crippen LogP contribution is 2.56. The summed E-state index contributed by atoms with van der Waals surface area (Å²) in [6.45, 7) is 4.23. The van der Waals surface area contributed by atoms with Crippen LogP contribution < -0.4 is 10.4 Å². The highest BCUT2D eigenvalue weighted by molar-refractivity contribution is 6.07. The normalized spacial score (nSPS) is 19.9. The van der Waals surface area contributed by atoms with Crippen molar-refractivity contribution in [2.45, 2.75) is 5.41 Å². The predicted molar refractivity (Wildman–Crippen MR) is 125 cm³/mol. The standard InChI is InChI=1S/C30H19/c1-19-13-14-20-15-16-24-27-12-6-7-17-30(27)26-11-5-4-9-22(26)21-8-2-3-10-23(21)29(30)28(24)25(20)18-19/h2-18H,1H2. The Kier molecular flexibility index (Phi) is 2.96. The molecule has 0 N–H and O–H groups in total. The molecule has 3 aliphatic carbocycles. The summed E-state index contributed by atoms with van der Waals surface area (Å²) in [5.41, 5.74) is 9.00. The van der Waals surface area contributed by atoms with E-state index in [2.05, 4.69) is 110 Å². The van der Waals surface area contributed by atoms with Crippen molar-refractivity contribution in [3.05, 3.63) is 137 Å². The van der Waals surface area contributed by atoms with E-state index in [4.69, 9.17) is 0 Å². The van der Waals surface area contributed by atoms with Gasteiger partial charge in [0, 0.05) is 0 Å². The molecule has 0 fully saturated rings. The molecule has 30 heavy (non-hydrogen) atoms. The van der Waals surface area contributed by atoms with Crippen LogP contribution >= 0.6 is 0 Å². The minimum absolute atomic E-state index is 0.243. The van der Waals surface area contributed by atoms with Crippen LogP contribution in [-0.2, 0) is 5.41 Å². The van der Waals surface area contributed by atoms with Crippen molar-refractivity contribution in [2.75, 3.05) is 0 Å². The highest BCUT2D eigenvalue weighted by atomic mass is 14.5. The minimum atomic E-state index is -0.243. The Morgan fingerprint density at radius 3 is 2.37 bits per heavy atom. The van der Waals surface area contributed by atoms with Gasteiger partial charge in [-0.3, -0.25) is 0 Å². The third kappa shape index (κ3) is 1.78. The van der Waals surface area contributed by atoms with E-state index in [0.717, 1.165) is 5.56 Å². The van der Waals surface area contributed by atoms with Crippen molar-refractivity contribution in [1.82, 2.24) is 0 Å². The summed E-state index contributed by atoms with van der Waals surface area (Å²) in [7, 11) is 0. The number of hydrogen-bond donors (Lipinski definition) is 0. The molecule has 1 spiro atoms. The maximum atomic E-state index is 4.23. The zero-order valence-electron chi connectivity index (χ0n) is 16.5. The topological polar surface area (TPSA) is 0 Å². The molecule has 3 aliphatic rings. The van der Waals surface area contributed by atoms with Gasteiger partial charge in [0.15, 0.2) is 0 Å². The molecule has 0 heterocycles. The molecule has 0 saturated carbocycles. The first-order valence-electron chi connectivity index (χ1n) is 10.5.